The molecule has 21 heavy (non-hydrogen) atoms. The average molecular weight is 303 g/mol. The first-order chi connectivity index (χ1) is 10.2. The molecule has 0 unspecified atom stereocenters. The Bertz CT molecular complexity index is 631. The minimum atomic E-state index is -0.110. The van der Waals surface area contributed by atoms with E-state index in [1.165, 1.54) is 32.1 Å². The Hall–Kier alpha value is -1.62. The fourth-order valence-corrected chi connectivity index (χ4v) is 3.79. The van der Waals surface area contributed by atoms with Crippen molar-refractivity contribution in [3.05, 3.63) is 23.2 Å². The number of hydrogen-bond donors (Lipinski definition) is 2. The maximum Gasteiger partial charge on any atom is 0.319 e. The Kier molecular flexibility index (Phi) is 4.39. The highest BCUT2D eigenvalue weighted by Crippen LogP contribution is 2.25. The van der Waals surface area contributed by atoms with Crippen LogP contribution in [0.1, 0.15) is 37.1 Å². The van der Waals surface area contributed by atoms with Gasteiger partial charge in [-0.15, -0.1) is 11.3 Å². The van der Waals surface area contributed by atoms with E-state index in [1.54, 1.807) is 11.3 Å². The summed E-state index contributed by atoms with van der Waals surface area (Å²) < 4.78 is 1.11. The normalized spacial score (nSPS) is 16.0. The third-order valence-corrected chi connectivity index (χ3v) is 4.96. The zero-order valence-electron chi connectivity index (χ0n) is 12.3. The molecule has 0 aliphatic heterocycles. The van der Waals surface area contributed by atoms with E-state index in [-0.39, 0.29) is 6.03 Å². The molecule has 0 radical (unpaired) electrons. The minimum absolute atomic E-state index is 0.110. The second kappa shape index (κ2) is 6.43. The second-order valence-corrected chi connectivity index (χ2v) is 6.99. The number of anilines is 1. The van der Waals surface area contributed by atoms with E-state index in [2.05, 4.69) is 15.6 Å². The van der Waals surface area contributed by atoms with Crippen molar-refractivity contribution in [1.82, 2.24) is 10.3 Å². The van der Waals surface area contributed by atoms with Crippen molar-refractivity contribution >= 4 is 33.3 Å². The topological polar surface area (TPSA) is 54.0 Å². The van der Waals surface area contributed by atoms with Gasteiger partial charge >= 0.3 is 6.03 Å². The van der Waals surface area contributed by atoms with Crippen LogP contribution in [0.5, 0.6) is 0 Å². The van der Waals surface area contributed by atoms with Crippen LogP contribution < -0.4 is 10.6 Å². The lowest BCUT2D eigenvalue weighted by Gasteiger charge is -2.21. The lowest BCUT2D eigenvalue weighted by atomic mass is 9.89. The molecule has 3 rings (SSSR count). The van der Waals surface area contributed by atoms with Gasteiger partial charge in [-0.25, -0.2) is 9.78 Å². The number of aromatic nitrogens is 1. The number of thiazole rings is 1. The highest BCUT2D eigenvalue weighted by Gasteiger charge is 2.14. The van der Waals surface area contributed by atoms with Crippen LogP contribution >= 0.6 is 11.3 Å². The number of nitrogens with zero attached hydrogens (tertiary/aromatic N) is 1. The van der Waals surface area contributed by atoms with E-state index < -0.39 is 0 Å². The van der Waals surface area contributed by atoms with Crippen LogP contribution in [0.4, 0.5) is 10.5 Å². The zero-order chi connectivity index (χ0) is 14.7. The van der Waals surface area contributed by atoms with E-state index in [4.69, 9.17) is 0 Å². The van der Waals surface area contributed by atoms with Crippen LogP contribution in [-0.2, 0) is 0 Å². The molecular weight excluding hydrogens is 282 g/mol. The summed E-state index contributed by atoms with van der Waals surface area (Å²) in [7, 11) is 0. The third kappa shape index (κ3) is 3.73. The van der Waals surface area contributed by atoms with Crippen LogP contribution in [0, 0.1) is 12.8 Å². The molecule has 0 saturated heterocycles. The molecule has 0 atom stereocenters. The number of carbonyl (C=O) groups is 1. The number of benzene rings is 1. The lowest BCUT2D eigenvalue weighted by molar-refractivity contribution is 0.247. The number of amides is 2. The summed E-state index contributed by atoms with van der Waals surface area (Å²) in [4.78, 5) is 16.4. The molecule has 2 amide bonds. The van der Waals surface area contributed by atoms with Gasteiger partial charge in [-0.1, -0.05) is 19.3 Å². The van der Waals surface area contributed by atoms with Crippen LogP contribution in [0.25, 0.3) is 10.2 Å². The van der Waals surface area contributed by atoms with Crippen molar-refractivity contribution in [2.75, 3.05) is 11.9 Å². The van der Waals surface area contributed by atoms with Crippen molar-refractivity contribution < 1.29 is 4.79 Å². The Morgan fingerprint density at radius 2 is 2.14 bits per heavy atom. The molecule has 0 bridgehead atoms. The third-order valence-electron chi connectivity index (χ3n) is 4.03. The molecule has 1 aliphatic carbocycles. The summed E-state index contributed by atoms with van der Waals surface area (Å²) in [5.41, 5.74) is 1.82. The highest BCUT2D eigenvalue weighted by molar-refractivity contribution is 7.18. The molecule has 1 saturated carbocycles. The summed E-state index contributed by atoms with van der Waals surface area (Å²) in [6.07, 6.45) is 6.43. The first-order valence-corrected chi connectivity index (χ1v) is 8.44. The largest absolute Gasteiger partial charge is 0.338 e. The maximum atomic E-state index is 12.0. The fourth-order valence-electron chi connectivity index (χ4n) is 2.92. The summed E-state index contributed by atoms with van der Waals surface area (Å²) in [6, 6.07) is 5.73. The van der Waals surface area contributed by atoms with Gasteiger partial charge in [0.2, 0.25) is 0 Å². The number of carbonyl (C=O) groups excluding carboxylic acids is 1. The first kappa shape index (κ1) is 14.3. The van der Waals surface area contributed by atoms with Gasteiger partial charge in [-0.2, -0.15) is 0 Å². The molecule has 1 aliphatic rings. The van der Waals surface area contributed by atoms with Gasteiger partial charge in [0, 0.05) is 12.2 Å². The van der Waals surface area contributed by atoms with E-state index in [0.29, 0.717) is 5.92 Å². The van der Waals surface area contributed by atoms with E-state index in [1.807, 2.05) is 25.1 Å². The van der Waals surface area contributed by atoms with Gasteiger partial charge in [0.05, 0.1) is 15.2 Å². The first-order valence-electron chi connectivity index (χ1n) is 7.63. The van der Waals surface area contributed by atoms with Gasteiger partial charge in [0.15, 0.2) is 0 Å². The second-order valence-electron chi connectivity index (χ2n) is 5.75. The van der Waals surface area contributed by atoms with Gasteiger partial charge in [0.1, 0.15) is 0 Å². The smallest absolute Gasteiger partial charge is 0.319 e. The van der Waals surface area contributed by atoms with Crippen molar-refractivity contribution in [3.8, 4) is 0 Å². The number of fused-ring (bicyclic) bond motifs is 1. The molecule has 4 nitrogen and oxygen atoms in total. The van der Waals surface area contributed by atoms with Crippen molar-refractivity contribution in [3.63, 3.8) is 0 Å². The summed E-state index contributed by atoms with van der Waals surface area (Å²) in [5, 5.41) is 6.95. The van der Waals surface area contributed by atoms with E-state index >= 15 is 0 Å². The predicted octanol–water partition coefficient (Wildman–Crippen LogP) is 4.31. The van der Waals surface area contributed by atoms with Crippen LogP contribution in [0.3, 0.4) is 0 Å². The Morgan fingerprint density at radius 1 is 1.33 bits per heavy atom. The van der Waals surface area contributed by atoms with Gasteiger partial charge in [-0.05, 0) is 43.9 Å². The predicted molar refractivity (Wildman–Crippen MR) is 88.0 cm³/mol. The molecule has 1 aromatic carbocycles. The van der Waals surface area contributed by atoms with E-state index in [0.717, 1.165) is 27.5 Å². The number of urea groups is 1. The average Bonchev–Trinajstić information content (AvgIpc) is 2.85. The Morgan fingerprint density at radius 3 is 2.95 bits per heavy atom. The Balaban J connectivity index is 1.55. The molecule has 2 N–H and O–H groups in total. The SMILES string of the molecule is Cc1nc2ccc(NC(=O)NCC3CCCCC3)cc2s1. The van der Waals surface area contributed by atoms with Gasteiger partial charge in [-0.3, -0.25) is 0 Å². The standard InChI is InChI=1S/C16H21N3OS/c1-11-18-14-8-7-13(9-15(14)21-11)19-16(20)17-10-12-5-3-2-4-6-12/h7-9,12H,2-6,10H2,1H3,(H2,17,19,20). The summed E-state index contributed by atoms with van der Waals surface area (Å²) in [6.45, 7) is 2.78. The fraction of sp³-hybridized carbons (Fsp3) is 0.500. The molecule has 1 aromatic heterocycles. The number of rotatable bonds is 3. The molecule has 2 aromatic rings. The lowest BCUT2D eigenvalue weighted by Crippen LogP contribution is -2.33. The molecule has 0 spiro atoms. The van der Waals surface area contributed by atoms with Gasteiger partial charge in [0.25, 0.3) is 0 Å². The van der Waals surface area contributed by atoms with Crippen molar-refractivity contribution in [2.45, 2.75) is 39.0 Å². The van der Waals surface area contributed by atoms with Crippen molar-refractivity contribution in [2.24, 2.45) is 5.92 Å². The highest BCUT2D eigenvalue weighted by atomic mass is 32.1. The van der Waals surface area contributed by atoms with Crippen LogP contribution in [0.2, 0.25) is 0 Å². The molecule has 5 heteroatoms. The Labute approximate surface area is 129 Å². The maximum absolute atomic E-state index is 12.0. The monoisotopic (exact) mass is 303 g/mol. The van der Waals surface area contributed by atoms with Crippen LogP contribution in [0.15, 0.2) is 18.2 Å². The van der Waals surface area contributed by atoms with Crippen LogP contribution in [-0.4, -0.2) is 17.6 Å². The molecule has 1 heterocycles. The molecule has 1 fully saturated rings. The summed E-state index contributed by atoms with van der Waals surface area (Å²) in [5.74, 6) is 0.649. The number of aryl methyl sites for hydroxylation is 1. The van der Waals surface area contributed by atoms with E-state index in [9.17, 15) is 4.79 Å². The quantitative estimate of drug-likeness (QED) is 0.888. The zero-order valence-corrected chi connectivity index (χ0v) is 13.1. The minimum Gasteiger partial charge on any atom is -0.338 e. The van der Waals surface area contributed by atoms with Crippen molar-refractivity contribution in [1.29, 1.82) is 0 Å². The van der Waals surface area contributed by atoms with Gasteiger partial charge < -0.3 is 10.6 Å². The number of nitrogens with one attached hydrogen (secondary N) is 2. The summed E-state index contributed by atoms with van der Waals surface area (Å²) >= 11 is 1.65. The molecular formula is C16H21N3OS. The molecule has 112 valence electrons. The number of hydrogen-bond acceptors (Lipinski definition) is 3.